The van der Waals surface area contributed by atoms with E-state index in [1.807, 2.05) is 16.8 Å². The lowest BCUT2D eigenvalue weighted by atomic mass is 10.1. The summed E-state index contributed by atoms with van der Waals surface area (Å²) in [7, 11) is 0. The van der Waals surface area contributed by atoms with Gasteiger partial charge >= 0.3 is 0 Å². The molecule has 1 N–H and O–H groups in total. The summed E-state index contributed by atoms with van der Waals surface area (Å²) < 4.78 is 23.2. The number of nitrogens with one attached hydrogen (secondary N) is 1. The second-order valence-electron chi connectivity index (χ2n) is 7.17. The first kappa shape index (κ1) is 17.4. The van der Waals surface area contributed by atoms with Crippen LogP contribution in [0, 0.1) is 9.52 Å². The van der Waals surface area contributed by atoms with Crippen molar-refractivity contribution in [2.45, 2.75) is 44.8 Å². The quantitative estimate of drug-likeness (QED) is 0.532. The number of halogens is 2. The highest BCUT2D eigenvalue weighted by Crippen LogP contribution is 2.33. The number of pyridine rings is 1. The molecular weight excluding hydrogens is 458 g/mol. The highest BCUT2D eigenvalue weighted by atomic mass is 127. The van der Waals surface area contributed by atoms with E-state index in [0.717, 1.165) is 59.9 Å². The van der Waals surface area contributed by atoms with Gasteiger partial charge in [0.05, 0.1) is 5.39 Å². The second kappa shape index (κ2) is 7.01. The van der Waals surface area contributed by atoms with Crippen molar-refractivity contribution in [2.24, 2.45) is 0 Å². The molecule has 7 heteroatoms. The van der Waals surface area contributed by atoms with Crippen LogP contribution < -0.4 is 5.32 Å². The van der Waals surface area contributed by atoms with E-state index in [0.29, 0.717) is 5.65 Å². The third kappa shape index (κ3) is 3.10. The van der Waals surface area contributed by atoms with Crippen LogP contribution in [0.4, 0.5) is 15.9 Å². The zero-order chi connectivity index (χ0) is 18.4. The van der Waals surface area contributed by atoms with Gasteiger partial charge in [-0.25, -0.2) is 14.1 Å². The molecule has 1 saturated heterocycles. The summed E-state index contributed by atoms with van der Waals surface area (Å²) >= 11 is 2.14. The number of anilines is 2. The van der Waals surface area contributed by atoms with Gasteiger partial charge in [0, 0.05) is 12.3 Å². The van der Waals surface area contributed by atoms with Crippen LogP contribution in [0.2, 0.25) is 0 Å². The molecule has 1 fully saturated rings. The van der Waals surface area contributed by atoms with Crippen LogP contribution in [0.25, 0.3) is 11.0 Å². The number of hydrogen-bond acceptors (Lipinski definition) is 4. The SMILES string of the molecule is Fc1cc2c(I)nn(C3CCCCO3)c2nc1Nc1cccc2c1CCC2. The maximum atomic E-state index is 14.8. The van der Waals surface area contributed by atoms with Crippen LogP contribution in [0.1, 0.15) is 43.0 Å². The number of hydrogen-bond donors (Lipinski definition) is 1. The second-order valence-corrected chi connectivity index (χ2v) is 8.19. The van der Waals surface area contributed by atoms with E-state index in [1.165, 1.54) is 17.2 Å². The average Bonchev–Trinajstić information content (AvgIpc) is 3.29. The van der Waals surface area contributed by atoms with Crippen molar-refractivity contribution in [3.63, 3.8) is 0 Å². The highest BCUT2D eigenvalue weighted by Gasteiger charge is 2.23. The Morgan fingerprint density at radius 2 is 2.15 bits per heavy atom. The van der Waals surface area contributed by atoms with Crippen LogP contribution >= 0.6 is 22.6 Å². The molecule has 5 nitrogen and oxygen atoms in total. The van der Waals surface area contributed by atoms with Gasteiger partial charge in [-0.2, -0.15) is 5.10 Å². The summed E-state index contributed by atoms with van der Waals surface area (Å²) in [6.07, 6.45) is 6.20. The number of nitrogens with zero attached hydrogens (tertiary/aromatic N) is 3. The van der Waals surface area contributed by atoms with Crippen LogP contribution in [0.3, 0.4) is 0 Å². The molecule has 0 bridgehead atoms. The molecule has 1 aromatic carbocycles. The first-order valence-electron chi connectivity index (χ1n) is 9.44. The van der Waals surface area contributed by atoms with E-state index >= 15 is 0 Å². The fraction of sp³-hybridized carbons (Fsp3) is 0.400. The van der Waals surface area contributed by atoms with Crippen LogP contribution in [-0.2, 0) is 17.6 Å². The third-order valence-electron chi connectivity index (χ3n) is 5.42. The predicted octanol–water partition coefficient (Wildman–Crippen LogP) is 5.11. The first-order chi connectivity index (χ1) is 13.2. The average molecular weight is 478 g/mol. The fourth-order valence-electron chi connectivity index (χ4n) is 4.07. The van der Waals surface area contributed by atoms with Gasteiger partial charge in [0.25, 0.3) is 0 Å². The Bertz CT molecular complexity index is 1010. The Balaban J connectivity index is 1.57. The first-order valence-corrected chi connectivity index (χ1v) is 10.5. The minimum Gasteiger partial charge on any atom is -0.356 e. The molecule has 0 saturated carbocycles. The van der Waals surface area contributed by atoms with Crippen molar-refractivity contribution in [1.82, 2.24) is 14.8 Å². The third-order valence-corrected chi connectivity index (χ3v) is 6.21. The zero-order valence-corrected chi connectivity index (χ0v) is 17.0. The Morgan fingerprint density at radius 3 is 3.00 bits per heavy atom. The van der Waals surface area contributed by atoms with E-state index in [-0.39, 0.29) is 17.9 Å². The largest absolute Gasteiger partial charge is 0.356 e. The topological polar surface area (TPSA) is 52.0 Å². The highest BCUT2D eigenvalue weighted by molar-refractivity contribution is 14.1. The summed E-state index contributed by atoms with van der Waals surface area (Å²) in [5.41, 5.74) is 4.24. The maximum absolute atomic E-state index is 14.8. The van der Waals surface area contributed by atoms with Gasteiger partial charge in [-0.15, -0.1) is 0 Å². The van der Waals surface area contributed by atoms with Gasteiger partial charge in [-0.1, -0.05) is 12.1 Å². The molecule has 3 heterocycles. The van der Waals surface area contributed by atoms with Crippen molar-refractivity contribution in [3.05, 3.63) is 44.9 Å². The van der Waals surface area contributed by atoms with Crippen molar-refractivity contribution in [2.75, 3.05) is 11.9 Å². The lowest BCUT2D eigenvalue weighted by molar-refractivity contribution is -0.0372. The van der Waals surface area contributed by atoms with Crippen molar-refractivity contribution in [1.29, 1.82) is 0 Å². The van der Waals surface area contributed by atoms with Gasteiger partial charge in [0.1, 0.15) is 3.70 Å². The van der Waals surface area contributed by atoms with Crippen LogP contribution in [-0.4, -0.2) is 21.4 Å². The number of aryl methyl sites for hydroxylation is 1. The molecule has 27 heavy (non-hydrogen) atoms. The normalized spacial score (nSPS) is 19.4. The Morgan fingerprint density at radius 1 is 1.22 bits per heavy atom. The molecule has 1 aliphatic carbocycles. The number of fused-ring (bicyclic) bond motifs is 2. The Kier molecular flexibility index (Phi) is 4.51. The minimum atomic E-state index is -0.361. The molecule has 140 valence electrons. The van der Waals surface area contributed by atoms with Gasteiger partial charge in [-0.3, -0.25) is 0 Å². The number of aromatic nitrogens is 3. The lowest BCUT2D eigenvalue weighted by Crippen LogP contribution is -2.19. The molecule has 2 aromatic heterocycles. The van der Waals surface area contributed by atoms with E-state index in [9.17, 15) is 4.39 Å². The van der Waals surface area contributed by atoms with E-state index in [2.05, 4.69) is 44.1 Å². The van der Waals surface area contributed by atoms with Crippen LogP contribution in [0.5, 0.6) is 0 Å². The van der Waals surface area contributed by atoms with Crippen LogP contribution in [0.15, 0.2) is 24.3 Å². The van der Waals surface area contributed by atoms with E-state index in [1.54, 1.807) is 0 Å². The molecular formula is C20H20FIN4O. The Labute approximate surface area is 170 Å². The smallest absolute Gasteiger partial charge is 0.169 e. The summed E-state index contributed by atoms with van der Waals surface area (Å²) in [4.78, 5) is 4.62. The molecule has 0 spiro atoms. The number of rotatable bonds is 3. The van der Waals surface area contributed by atoms with Gasteiger partial charge in [0.15, 0.2) is 23.5 Å². The van der Waals surface area contributed by atoms with Crippen molar-refractivity contribution in [3.8, 4) is 0 Å². The Hall–Kier alpha value is -1.74. The summed E-state index contributed by atoms with van der Waals surface area (Å²) in [6, 6.07) is 7.70. The number of benzene rings is 1. The predicted molar refractivity (Wildman–Crippen MR) is 111 cm³/mol. The van der Waals surface area contributed by atoms with Gasteiger partial charge < -0.3 is 10.1 Å². The monoisotopic (exact) mass is 478 g/mol. The van der Waals surface area contributed by atoms with E-state index < -0.39 is 0 Å². The lowest BCUT2D eigenvalue weighted by Gasteiger charge is -2.23. The maximum Gasteiger partial charge on any atom is 0.169 e. The number of ether oxygens (including phenoxy) is 1. The van der Waals surface area contributed by atoms with Gasteiger partial charge in [0.2, 0.25) is 0 Å². The van der Waals surface area contributed by atoms with Crippen molar-refractivity contribution >= 4 is 45.1 Å². The standard InChI is InChI=1S/C20H20FIN4O/c21-15-11-14-18(22)25-26(17-9-1-2-10-27-17)20(14)24-19(15)23-16-8-4-6-12-5-3-7-13(12)16/h4,6,8,11,17H,1-3,5,7,9-10H2,(H,23,24). The molecule has 1 unspecified atom stereocenters. The van der Waals surface area contributed by atoms with Crippen molar-refractivity contribution < 1.29 is 9.13 Å². The minimum absolute atomic E-state index is 0.128. The molecule has 5 rings (SSSR count). The molecule has 0 amide bonds. The fourth-order valence-corrected chi connectivity index (χ4v) is 4.70. The van der Waals surface area contributed by atoms with Gasteiger partial charge in [-0.05, 0) is 84.4 Å². The molecule has 1 aliphatic heterocycles. The molecule has 3 aromatic rings. The summed E-state index contributed by atoms with van der Waals surface area (Å²) in [5, 5.41) is 8.54. The summed E-state index contributed by atoms with van der Waals surface area (Å²) in [5.74, 6) is -0.115. The zero-order valence-electron chi connectivity index (χ0n) is 14.8. The summed E-state index contributed by atoms with van der Waals surface area (Å²) in [6.45, 7) is 0.727. The molecule has 2 aliphatic rings. The molecule has 0 radical (unpaired) electrons. The van der Waals surface area contributed by atoms with E-state index in [4.69, 9.17) is 4.74 Å². The molecule has 1 atom stereocenters.